The highest BCUT2D eigenvalue weighted by Gasteiger charge is 2.43. The number of hydrogen-bond acceptors (Lipinski definition) is 5. The molecule has 1 saturated carbocycles. The standard InChI is InChI=1S/C14H20N4O2/c1-17(7-8-20-2)12-9-13(19)18(16-10-12)11-14(3-4-14)5-6-15/h9-10H,3-5,7-8,11H2,1-2H3. The maximum atomic E-state index is 12.1. The van der Waals surface area contributed by atoms with Crippen molar-refractivity contribution in [1.82, 2.24) is 9.78 Å². The van der Waals surface area contributed by atoms with Gasteiger partial charge in [0.15, 0.2) is 0 Å². The molecule has 1 aliphatic rings. The Balaban J connectivity index is 2.07. The van der Waals surface area contributed by atoms with Gasteiger partial charge in [0.05, 0.1) is 31.1 Å². The van der Waals surface area contributed by atoms with E-state index in [-0.39, 0.29) is 11.0 Å². The van der Waals surface area contributed by atoms with Crippen molar-refractivity contribution in [3.8, 4) is 6.07 Å². The van der Waals surface area contributed by atoms with Gasteiger partial charge < -0.3 is 9.64 Å². The summed E-state index contributed by atoms with van der Waals surface area (Å²) in [4.78, 5) is 14.0. The van der Waals surface area contributed by atoms with Gasteiger partial charge >= 0.3 is 0 Å². The molecule has 6 heteroatoms. The van der Waals surface area contributed by atoms with Crippen molar-refractivity contribution >= 4 is 5.69 Å². The molecule has 2 rings (SSSR count). The van der Waals surface area contributed by atoms with Crippen LogP contribution in [0.15, 0.2) is 17.1 Å². The van der Waals surface area contributed by atoms with Crippen LogP contribution in [0.5, 0.6) is 0 Å². The van der Waals surface area contributed by atoms with E-state index in [1.54, 1.807) is 19.4 Å². The molecule has 1 aliphatic carbocycles. The quantitative estimate of drug-likeness (QED) is 0.743. The molecule has 0 bridgehead atoms. The lowest BCUT2D eigenvalue weighted by Crippen LogP contribution is -2.29. The highest BCUT2D eigenvalue weighted by Crippen LogP contribution is 2.49. The van der Waals surface area contributed by atoms with Gasteiger partial charge in [-0.1, -0.05) is 0 Å². The van der Waals surface area contributed by atoms with E-state index in [1.807, 2.05) is 11.9 Å². The third kappa shape index (κ3) is 3.36. The van der Waals surface area contributed by atoms with Crippen molar-refractivity contribution in [2.75, 3.05) is 32.2 Å². The number of ether oxygens (including phenoxy) is 1. The zero-order chi connectivity index (χ0) is 14.6. The van der Waals surface area contributed by atoms with Gasteiger partial charge in [-0.05, 0) is 12.8 Å². The molecule has 0 amide bonds. The predicted molar refractivity (Wildman–Crippen MR) is 75.5 cm³/mol. The summed E-state index contributed by atoms with van der Waals surface area (Å²) >= 11 is 0. The summed E-state index contributed by atoms with van der Waals surface area (Å²) in [5.74, 6) is 0. The van der Waals surface area contributed by atoms with Crippen molar-refractivity contribution in [3.05, 3.63) is 22.6 Å². The normalized spacial score (nSPS) is 15.7. The average Bonchev–Trinajstić information content (AvgIpc) is 3.18. The molecular formula is C14H20N4O2. The molecule has 0 aromatic carbocycles. The molecule has 0 spiro atoms. The third-order valence-electron chi connectivity index (χ3n) is 3.82. The molecule has 1 aromatic rings. The first-order valence-corrected chi connectivity index (χ1v) is 6.74. The molecule has 108 valence electrons. The number of hydrogen-bond donors (Lipinski definition) is 0. The Hall–Kier alpha value is -1.87. The largest absolute Gasteiger partial charge is 0.383 e. The van der Waals surface area contributed by atoms with Crippen molar-refractivity contribution in [2.45, 2.75) is 25.8 Å². The molecule has 0 saturated heterocycles. The fraction of sp³-hybridized carbons (Fsp3) is 0.643. The Labute approximate surface area is 118 Å². The van der Waals surface area contributed by atoms with E-state index in [4.69, 9.17) is 10.00 Å². The van der Waals surface area contributed by atoms with E-state index >= 15 is 0 Å². The minimum absolute atomic E-state index is 0.0188. The number of likely N-dealkylation sites (N-methyl/N-ethyl adjacent to an activating group) is 1. The number of aromatic nitrogens is 2. The van der Waals surface area contributed by atoms with E-state index in [0.29, 0.717) is 26.1 Å². The Morgan fingerprint density at radius 1 is 1.60 bits per heavy atom. The number of rotatable bonds is 7. The highest BCUT2D eigenvalue weighted by atomic mass is 16.5. The second-order valence-corrected chi connectivity index (χ2v) is 5.46. The van der Waals surface area contributed by atoms with Gasteiger partial charge in [0.25, 0.3) is 5.56 Å². The molecule has 0 radical (unpaired) electrons. The molecule has 0 aliphatic heterocycles. The molecule has 1 heterocycles. The van der Waals surface area contributed by atoms with Crippen molar-refractivity contribution in [1.29, 1.82) is 5.26 Å². The number of methoxy groups -OCH3 is 1. The molecule has 20 heavy (non-hydrogen) atoms. The number of nitriles is 1. The zero-order valence-corrected chi connectivity index (χ0v) is 12.0. The molecular weight excluding hydrogens is 256 g/mol. The van der Waals surface area contributed by atoms with E-state index in [2.05, 4.69) is 11.2 Å². The van der Waals surface area contributed by atoms with Crippen LogP contribution < -0.4 is 10.5 Å². The predicted octanol–water partition coefficient (Wildman–Crippen LogP) is 1.02. The Bertz CT molecular complexity index is 557. The Morgan fingerprint density at radius 3 is 2.90 bits per heavy atom. The SMILES string of the molecule is COCCN(C)c1cnn(CC2(CC#N)CC2)c(=O)c1. The van der Waals surface area contributed by atoms with Crippen LogP contribution in [-0.2, 0) is 11.3 Å². The second kappa shape index (κ2) is 6.06. The first kappa shape index (κ1) is 14.5. The summed E-state index contributed by atoms with van der Waals surface area (Å²) in [5.41, 5.74) is 0.652. The van der Waals surface area contributed by atoms with Gasteiger partial charge in [0.1, 0.15) is 0 Å². The first-order chi connectivity index (χ1) is 9.60. The summed E-state index contributed by atoms with van der Waals surface area (Å²) in [5, 5.41) is 13.0. The smallest absolute Gasteiger partial charge is 0.268 e. The molecule has 6 nitrogen and oxygen atoms in total. The lowest BCUT2D eigenvalue weighted by molar-refractivity contribution is 0.206. The highest BCUT2D eigenvalue weighted by molar-refractivity contribution is 5.41. The van der Waals surface area contributed by atoms with E-state index < -0.39 is 0 Å². The summed E-state index contributed by atoms with van der Waals surface area (Å²) < 4.78 is 6.48. The average molecular weight is 276 g/mol. The van der Waals surface area contributed by atoms with Crippen LogP contribution in [0.4, 0.5) is 5.69 Å². The van der Waals surface area contributed by atoms with Crippen LogP contribution in [0.3, 0.4) is 0 Å². The van der Waals surface area contributed by atoms with Gasteiger partial charge in [0, 0.05) is 38.6 Å². The van der Waals surface area contributed by atoms with Crippen molar-refractivity contribution in [2.24, 2.45) is 5.41 Å². The molecule has 0 unspecified atom stereocenters. The fourth-order valence-electron chi connectivity index (χ4n) is 2.16. The van der Waals surface area contributed by atoms with E-state index in [1.165, 1.54) is 4.68 Å². The summed E-state index contributed by atoms with van der Waals surface area (Å²) in [6.07, 6.45) is 4.20. The van der Waals surface area contributed by atoms with E-state index in [9.17, 15) is 4.79 Å². The zero-order valence-electron chi connectivity index (χ0n) is 12.0. The molecule has 0 N–H and O–H groups in total. The van der Waals surface area contributed by atoms with Crippen LogP contribution in [-0.4, -0.2) is 37.1 Å². The third-order valence-corrected chi connectivity index (χ3v) is 3.82. The molecule has 1 fully saturated rings. The minimum atomic E-state index is -0.115. The van der Waals surface area contributed by atoms with Crippen molar-refractivity contribution < 1.29 is 4.74 Å². The molecule has 0 atom stereocenters. The van der Waals surface area contributed by atoms with Gasteiger partial charge in [-0.15, -0.1) is 0 Å². The van der Waals surface area contributed by atoms with Crippen LogP contribution in [0.25, 0.3) is 0 Å². The maximum Gasteiger partial charge on any atom is 0.268 e. The summed E-state index contributed by atoms with van der Waals surface area (Å²) in [6.45, 7) is 1.85. The number of anilines is 1. The van der Waals surface area contributed by atoms with Gasteiger partial charge in [-0.2, -0.15) is 10.4 Å². The van der Waals surface area contributed by atoms with Gasteiger partial charge in [-0.3, -0.25) is 4.79 Å². The Kier molecular flexibility index (Phi) is 4.40. The maximum absolute atomic E-state index is 12.1. The second-order valence-electron chi connectivity index (χ2n) is 5.46. The minimum Gasteiger partial charge on any atom is -0.383 e. The van der Waals surface area contributed by atoms with E-state index in [0.717, 1.165) is 18.5 Å². The Morgan fingerprint density at radius 2 is 2.35 bits per heavy atom. The van der Waals surface area contributed by atoms with Crippen LogP contribution in [0.2, 0.25) is 0 Å². The van der Waals surface area contributed by atoms with Gasteiger partial charge in [-0.25, -0.2) is 4.68 Å². The van der Waals surface area contributed by atoms with Crippen LogP contribution in [0, 0.1) is 16.7 Å². The topological polar surface area (TPSA) is 71.2 Å². The lowest BCUT2D eigenvalue weighted by Gasteiger charge is -2.19. The van der Waals surface area contributed by atoms with Crippen LogP contribution >= 0.6 is 0 Å². The fourth-order valence-corrected chi connectivity index (χ4v) is 2.16. The number of nitrogens with zero attached hydrogens (tertiary/aromatic N) is 4. The van der Waals surface area contributed by atoms with Gasteiger partial charge in [0.2, 0.25) is 0 Å². The lowest BCUT2D eigenvalue weighted by atomic mass is 10.0. The summed E-state index contributed by atoms with van der Waals surface area (Å²) in [6, 6.07) is 3.79. The molecule has 1 aromatic heterocycles. The summed E-state index contributed by atoms with van der Waals surface area (Å²) in [7, 11) is 3.55. The first-order valence-electron chi connectivity index (χ1n) is 6.74. The monoisotopic (exact) mass is 276 g/mol. The van der Waals surface area contributed by atoms with Crippen molar-refractivity contribution in [3.63, 3.8) is 0 Å². The van der Waals surface area contributed by atoms with Crippen LogP contribution in [0.1, 0.15) is 19.3 Å².